The lowest BCUT2D eigenvalue weighted by atomic mass is 9.84. The van der Waals surface area contributed by atoms with Crippen molar-refractivity contribution in [3.63, 3.8) is 0 Å². The second kappa shape index (κ2) is 10.6. The summed E-state index contributed by atoms with van der Waals surface area (Å²) in [5.74, 6) is 0.393. The van der Waals surface area contributed by atoms with Crippen LogP contribution in [0, 0.1) is 16.7 Å². The molecule has 0 radical (unpaired) electrons. The molecule has 1 aromatic carbocycles. The van der Waals surface area contributed by atoms with Crippen LogP contribution in [-0.4, -0.2) is 61.3 Å². The van der Waals surface area contributed by atoms with Gasteiger partial charge < -0.3 is 25.0 Å². The number of pyridine rings is 1. The monoisotopic (exact) mass is 492 g/mol. The molecule has 0 aliphatic carbocycles. The molecule has 0 fully saturated rings. The highest BCUT2D eigenvalue weighted by Crippen LogP contribution is 2.38. The average Bonchev–Trinajstić information content (AvgIpc) is 3.14. The highest BCUT2D eigenvalue weighted by molar-refractivity contribution is 6.06. The molecule has 1 amide bonds. The van der Waals surface area contributed by atoms with Crippen molar-refractivity contribution in [1.29, 1.82) is 10.7 Å². The maximum atomic E-state index is 13.4. The second-order valence-corrected chi connectivity index (χ2v) is 9.35. The zero-order valence-corrected chi connectivity index (χ0v) is 21.5. The third kappa shape index (κ3) is 5.25. The number of rotatable bonds is 9. The minimum absolute atomic E-state index is 0.0535. The van der Waals surface area contributed by atoms with Crippen molar-refractivity contribution in [2.24, 2.45) is 0 Å². The molecule has 1 aliphatic rings. The number of nitrogens with zero attached hydrogens (tertiary/aromatic N) is 3. The summed E-state index contributed by atoms with van der Waals surface area (Å²) in [6.07, 6.45) is 0. The molecule has 36 heavy (non-hydrogen) atoms. The molecule has 0 saturated carbocycles. The highest BCUT2D eigenvalue weighted by Gasteiger charge is 2.31. The van der Waals surface area contributed by atoms with Crippen LogP contribution in [-0.2, 0) is 12.0 Å². The van der Waals surface area contributed by atoms with E-state index in [1.54, 1.807) is 30.2 Å². The van der Waals surface area contributed by atoms with E-state index in [1.165, 1.54) is 7.05 Å². The fraction of sp³-hybridized carbons (Fsp3) is 0.423. The van der Waals surface area contributed by atoms with Gasteiger partial charge in [0.15, 0.2) is 17.2 Å². The summed E-state index contributed by atoms with van der Waals surface area (Å²) >= 11 is 0. The first kappa shape index (κ1) is 26.5. The van der Waals surface area contributed by atoms with Gasteiger partial charge in [-0.1, -0.05) is 20.8 Å². The van der Waals surface area contributed by atoms with Crippen LogP contribution < -0.4 is 20.1 Å². The Bertz CT molecular complexity index is 1240. The molecule has 10 heteroatoms. The van der Waals surface area contributed by atoms with Crippen LogP contribution >= 0.6 is 0 Å². The van der Waals surface area contributed by atoms with E-state index in [2.05, 4.69) is 15.6 Å². The first-order valence-corrected chi connectivity index (χ1v) is 11.6. The number of hydrogen-bond acceptors (Lipinski definition) is 8. The molecule has 1 aromatic heterocycles. The topological polar surface area (TPSA) is 140 Å². The maximum Gasteiger partial charge on any atom is 0.273 e. The number of carbonyl (C=O) groups excluding carboxylic acids is 2. The number of hydrogen-bond donors (Lipinski definition) is 3. The van der Waals surface area contributed by atoms with Gasteiger partial charge in [0.1, 0.15) is 23.8 Å². The number of ether oxygens (including phenoxy) is 2. The summed E-state index contributed by atoms with van der Waals surface area (Å²) in [6, 6.07) is 7.24. The largest absolute Gasteiger partial charge is 0.494 e. The van der Waals surface area contributed by atoms with Gasteiger partial charge in [-0.2, -0.15) is 5.26 Å². The molecular weight excluding hydrogens is 460 g/mol. The lowest BCUT2D eigenvalue weighted by molar-refractivity contribution is 0.0949. The van der Waals surface area contributed by atoms with Gasteiger partial charge in [-0.25, -0.2) is 4.98 Å². The molecule has 0 saturated heterocycles. The summed E-state index contributed by atoms with van der Waals surface area (Å²) in [4.78, 5) is 31.7. The number of Topliss-reactive ketones (excluding diaryl/α,β-unsaturated/α-hetero) is 1. The van der Waals surface area contributed by atoms with E-state index in [4.69, 9.17) is 20.1 Å². The van der Waals surface area contributed by atoms with Gasteiger partial charge in [0.05, 0.1) is 32.0 Å². The lowest BCUT2D eigenvalue weighted by Crippen LogP contribution is -2.31. The summed E-state index contributed by atoms with van der Waals surface area (Å²) in [7, 11) is 3.06. The van der Waals surface area contributed by atoms with E-state index in [0.717, 1.165) is 5.56 Å². The third-order valence-corrected chi connectivity index (χ3v) is 5.83. The second-order valence-electron chi connectivity index (χ2n) is 9.35. The third-order valence-electron chi connectivity index (χ3n) is 5.83. The molecule has 0 spiro atoms. The number of benzene rings is 1. The minimum Gasteiger partial charge on any atom is -0.494 e. The Balaban J connectivity index is 1.94. The Hall–Kier alpha value is -4.13. The number of amides is 1. The Kier molecular flexibility index (Phi) is 7.83. The number of methoxy groups -OCH3 is 1. The fourth-order valence-corrected chi connectivity index (χ4v) is 4.07. The van der Waals surface area contributed by atoms with Crippen LogP contribution in [0.15, 0.2) is 18.2 Å². The first-order chi connectivity index (χ1) is 17.0. The normalized spacial score (nSPS) is 12.6. The quantitative estimate of drug-likeness (QED) is 0.358. The Morgan fingerprint density at radius 2 is 2.00 bits per heavy atom. The lowest BCUT2D eigenvalue weighted by Gasteiger charge is -2.25. The summed E-state index contributed by atoms with van der Waals surface area (Å²) in [6.45, 7) is 8.53. The number of anilines is 1. The minimum atomic E-state index is -0.408. The number of nitrogens with one attached hydrogen (secondary N) is 3. The smallest absolute Gasteiger partial charge is 0.273 e. The van der Waals surface area contributed by atoms with Crippen LogP contribution in [0.25, 0.3) is 0 Å². The molecule has 1 aliphatic heterocycles. The van der Waals surface area contributed by atoms with Crippen LogP contribution in [0.3, 0.4) is 0 Å². The average molecular weight is 493 g/mol. The Labute approximate surface area is 211 Å². The molecule has 10 nitrogen and oxygen atoms in total. The number of amidine groups is 1. The molecule has 0 atom stereocenters. The van der Waals surface area contributed by atoms with Crippen molar-refractivity contribution in [2.75, 3.05) is 39.2 Å². The summed E-state index contributed by atoms with van der Waals surface area (Å²) < 4.78 is 11.2. The SMILES string of the molecule is CCOc1cc2c(nc1C(=O)NC)C(=N)N(CC(=O)c1cc(NCC#N)c(OC)c(C(C)(C)C)c1)C2. The van der Waals surface area contributed by atoms with Gasteiger partial charge in [0, 0.05) is 30.3 Å². The van der Waals surface area contributed by atoms with Crippen molar-refractivity contribution >= 4 is 23.2 Å². The standard InChI is InChI=1S/C26H32N6O4/c1-7-36-20-12-16-13-32(24(28)21(16)31-22(20)25(34)29-5)14-19(33)15-10-17(26(2,3)4)23(35-6)18(11-15)30-9-8-27/h10-12,28,30H,7,9,13-14H2,1-6H3,(H,29,34). The Morgan fingerprint density at radius 1 is 1.28 bits per heavy atom. The van der Waals surface area contributed by atoms with E-state index in [0.29, 0.717) is 47.2 Å². The first-order valence-electron chi connectivity index (χ1n) is 11.6. The summed E-state index contributed by atoms with van der Waals surface area (Å²) in [5, 5.41) is 23.2. The van der Waals surface area contributed by atoms with Gasteiger partial charge in [0.25, 0.3) is 5.91 Å². The molecule has 3 rings (SSSR count). The molecule has 2 aromatic rings. The van der Waals surface area contributed by atoms with E-state index in [1.807, 2.05) is 33.8 Å². The van der Waals surface area contributed by atoms with Crippen molar-refractivity contribution in [3.05, 3.63) is 46.3 Å². The van der Waals surface area contributed by atoms with Crippen LogP contribution in [0.4, 0.5) is 5.69 Å². The molecule has 2 heterocycles. The highest BCUT2D eigenvalue weighted by atomic mass is 16.5. The Morgan fingerprint density at radius 3 is 2.58 bits per heavy atom. The van der Waals surface area contributed by atoms with Gasteiger partial charge in [-0.3, -0.25) is 15.0 Å². The summed E-state index contributed by atoms with van der Waals surface area (Å²) in [5.41, 5.74) is 2.68. The number of aromatic nitrogens is 1. The number of ketones is 1. The van der Waals surface area contributed by atoms with Gasteiger partial charge >= 0.3 is 0 Å². The van der Waals surface area contributed by atoms with Crippen molar-refractivity contribution in [1.82, 2.24) is 15.2 Å². The zero-order chi connectivity index (χ0) is 26.6. The van der Waals surface area contributed by atoms with Gasteiger partial charge in [0.2, 0.25) is 0 Å². The molecule has 0 unspecified atom stereocenters. The zero-order valence-electron chi connectivity index (χ0n) is 21.5. The van der Waals surface area contributed by atoms with E-state index < -0.39 is 5.91 Å². The fourth-order valence-electron chi connectivity index (χ4n) is 4.07. The van der Waals surface area contributed by atoms with E-state index in [-0.39, 0.29) is 35.8 Å². The van der Waals surface area contributed by atoms with Crippen molar-refractivity contribution < 1.29 is 19.1 Å². The molecule has 190 valence electrons. The maximum absolute atomic E-state index is 13.4. The number of nitriles is 1. The van der Waals surface area contributed by atoms with Crippen molar-refractivity contribution in [3.8, 4) is 17.6 Å². The van der Waals surface area contributed by atoms with Crippen LogP contribution in [0.5, 0.6) is 11.5 Å². The predicted molar refractivity (Wildman–Crippen MR) is 136 cm³/mol. The molecular formula is C26H32N6O4. The number of fused-ring (bicyclic) bond motifs is 1. The predicted octanol–water partition coefficient (Wildman–Crippen LogP) is 3.11. The molecule has 0 bridgehead atoms. The van der Waals surface area contributed by atoms with Crippen LogP contribution in [0.2, 0.25) is 0 Å². The van der Waals surface area contributed by atoms with Crippen LogP contribution in [0.1, 0.15) is 65.4 Å². The van der Waals surface area contributed by atoms with E-state index >= 15 is 0 Å². The molecule has 3 N–H and O–H groups in total. The van der Waals surface area contributed by atoms with Crippen molar-refractivity contribution in [2.45, 2.75) is 39.7 Å². The number of carbonyl (C=O) groups is 2. The van der Waals surface area contributed by atoms with Gasteiger partial charge in [-0.05, 0) is 30.5 Å². The van der Waals surface area contributed by atoms with Gasteiger partial charge in [-0.15, -0.1) is 0 Å². The van der Waals surface area contributed by atoms with E-state index in [9.17, 15) is 9.59 Å².